The first-order valence-electron chi connectivity index (χ1n) is 7.14. The lowest BCUT2D eigenvalue weighted by Gasteiger charge is -2.21. The molecule has 0 fully saturated rings. The van der Waals surface area contributed by atoms with Crippen molar-refractivity contribution in [2.75, 3.05) is 32.2 Å². The van der Waals surface area contributed by atoms with Gasteiger partial charge in [-0.1, -0.05) is 6.07 Å². The van der Waals surface area contributed by atoms with Crippen LogP contribution in [0.15, 0.2) is 18.2 Å². The topological polar surface area (TPSA) is 55.6 Å². The fourth-order valence-corrected chi connectivity index (χ4v) is 2.57. The molecule has 1 atom stereocenters. The van der Waals surface area contributed by atoms with Crippen molar-refractivity contribution in [3.8, 4) is 5.75 Å². The Hall–Kier alpha value is -1.20. The second-order valence-electron chi connectivity index (χ2n) is 5.32. The Labute approximate surface area is 132 Å². The number of ether oxygens (including phenoxy) is 1. The highest BCUT2D eigenvalue weighted by atomic mass is 32.2. The molecule has 0 saturated heterocycles. The van der Waals surface area contributed by atoms with E-state index in [9.17, 15) is 4.79 Å². The lowest BCUT2D eigenvalue weighted by Crippen LogP contribution is -2.43. The van der Waals surface area contributed by atoms with Crippen LogP contribution >= 0.6 is 11.8 Å². The number of nitrogens with two attached hydrogens (primary N) is 1. The minimum absolute atomic E-state index is 0.0203. The van der Waals surface area contributed by atoms with E-state index in [1.807, 2.05) is 32.2 Å². The standard InChI is InChI=1S/C16H26N2O2S/c1-12-9-13(2)11-14(10-12)20-7-6-18(3)16(19)15(17)5-8-21-4/h9-11,15H,5-8,17H2,1-4H3/t15-/m1/s1. The van der Waals surface area contributed by atoms with Crippen molar-refractivity contribution >= 4 is 17.7 Å². The Bertz CT molecular complexity index is 445. The minimum Gasteiger partial charge on any atom is -0.492 e. The van der Waals surface area contributed by atoms with Gasteiger partial charge in [0.1, 0.15) is 12.4 Å². The molecule has 0 unspecified atom stereocenters. The van der Waals surface area contributed by atoms with Crippen LogP contribution in [0.3, 0.4) is 0 Å². The van der Waals surface area contributed by atoms with Gasteiger partial charge in [0.15, 0.2) is 0 Å². The van der Waals surface area contributed by atoms with E-state index in [0.717, 1.165) is 11.5 Å². The summed E-state index contributed by atoms with van der Waals surface area (Å²) in [6.45, 7) is 5.10. The van der Waals surface area contributed by atoms with E-state index in [0.29, 0.717) is 19.6 Å². The monoisotopic (exact) mass is 310 g/mol. The molecule has 0 spiro atoms. The molecule has 0 aliphatic rings. The van der Waals surface area contributed by atoms with Gasteiger partial charge in [-0.25, -0.2) is 0 Å². The largest absolute Gasteiger partial charge is 0.492 e. The SMILES string of the molecule is CSCC[C@@H](N)C(=O)N(C)CCOc1cc(C)cc(C)c1. The second kappa shape index (κ2) is 8.95. The Morgan fingerprint density at radius 2 is 1.95 bits per heavy atom. The molecule has 1 amide bonds. The summed E-state index contributed by atoms with van der Waals surface area (Å²) in [6, 6.07) is 5.69. The fourth-order valence-electron chi connectivity index (χ4n) is 2.08. The predicted molar refractivity (Wildman–Crippen MR) is 90.0 cm³/mol. The van der Waals surface area contributed by atoms with Crippen LogP contribution in [0.25, 0.3) is 0 Å². The van der Waals surface area contributed by atoms with Crippen molar-refractivity contribution < 1.29 is 9.53 Å². The minimum atomic E-state index is -0.413. The molecule has 0 heterocycles. The molecular weight excluding hydrogens is 284 g/mol. The van der Waals surface area contributed by atoms with Gasteiger partial charge in [-0.05, 0) is 55.5 Å². The Morgan fingerprint density at radius 3 is 2.52 bits per heavy atom. The third kappa shape index (κ3) is 6.40. The number of thioether (sulfide) groups is 1. The van der Waals surface area contributed by atoms with Crippen LogP contribution in [-0.4, -0.2) is 49.1 Å². The molecule has 0 aliphatic carbocycles. The number of carbonyl (C=O) groups excluding carboxylic acids is 1. The van der Waals surface area contributed by atoms with Crippen LogP contribution < -0.4 is 10.5 Å². The zero-order valence-electron chi connectivity index (χ0n) is 13.4. The Balaban J connectivity index is 2.38. The van der Waals surface area contributed by atoms with E-state index in [-0.39, 0.29) is 5.91 Å². The molecule has 4 nitrogen and oxygen atoms in total. The van der Waals surface area contributed by atoms with E-state index >= 15 is 0 Å². The molecule has 21 heavy (non-hydrogen) atoms. The molecule has 2 N–H and O–H groups in total. The molecule has 0 saturated carbocycles. The van der Waals surface area contributed by atoms with E-state index in [2.05, 4.69) is 6.07 Å². The van der Waals surface area contributed by atoms with Crippen LogP contribution in [0.4, 0.5) is 0 Å². The number of amides is 1. The first-order chi connectivity index (χ1) is 9.93. The molecule has 0 radical (unpaired) electrons. The van der Waals surface area contributed by atoms with Gasteiger partial charge in [0, 0.05) is 7.05 Å². The lowest BCUT2D eigenvalue weighted by molar-refractivity contribution is -0.131. The highest BCUT2D eigenvalue weighted by Crippen LogP contribution is 2.16. The maximum Gasteiger partial charge on any atom is 0.239 e. The summed E-state index contributed by atoms with van der Waals surface area (Å²) in [5, 5.41) is 0. The summed E-state index contributed by atoms with van der Waals surface area (Å²) in [5.41, 5.74) is 8.23. The predicted octanol–water partition coefficient (Wildman–Crippen LogP) is 2.22. The van der Waals surface area contributed by atoms with Crippen LogP contribution in [0, 0.1) is 13.8 Å². The van der Waals surface area contributed by atoms with Crippen molar-refractivity contribution in [1.29, 1.82) is 0 Å². The molecule has 1 aromatic rings. The summed E-state index contributed by atoms with van der Waals surface area (Å²) in [4.78, 5) is 13.7. The van der Waals surface area contributed by atoms with Crippen molar-refractivity contribution in [1.82, 2.24) is 4.90 Å². The molecule has 1 rings (SSSR count). The maximum atomic E-state index is 12.0. The van der Waals surface area contributed by atoms with Crippen LogP contribution in [0.1, 0.15) is 17.5 Å². The summed E-state index contributed by atoms with van der Waals surface area (Å²) < 4.78 is 5.71. The number of likely N-dealkylation sites (N-methyl/N-ethyl adjacent to an activating group) is 1. The number of benzene rings is 1. The average Bonchev–Trinajstić information content (AvgIpc) is 2.42. The van der Waals surface area contributed by atoms with Crippen LogP contribution in [-0.2, 0) is 4.79 Å². The van der Waals surface area contributed by atoms with Crippen LogP contribution in [0.2, 0.25) is 0 Å². The zero-order chi connectivity index (χ0) is 15.8. The number of rotatable bonds is 8. The van der Waals surface area contributed by atoms with E-state index in [4.69, 9.17) is 10.5 Å². The van der Waals surface area contributed by atoms with Crippen molar-refractivity contribution in [2.45, 2.75) is 26.3 Å². The molecule has 118 valence electrons. The summed E-state index contributed by atoms with van der Waals surface area (Å²) in [7, 11) is 1.77. The second-order valence-corrected chi connectivity index (χ2v) is 6.31. The Kier molecular flexibility index (Phi) is 7.61. The summed E-state index contributed by atoms with van der Waals surface area (Å²) >= 11 is 1.70. The van der Waals surface area contributed by atoms with Gasteiger partial charge in [0.2, 0.25) is 5.91 Å². The summed E-state index contributed by atoms with van der Waals surface area (Å²) in [5.74, 6) is 1.73. The third-order valence-corrected chi connectivity index (χ3v) is 3.86. The van der Waals surface area contributed by atoms with Crippen LogP contribution in [0.5, 0.6) is 5.75 Å². The number of hydrogen-bond acceptors (Lipinski definition) is 4. The quantitative estimate of drug-likeness (QED) is 0.800. The number of carbonyl (C=O) groups is 1. The lowest BCUT2D eigenvalue weighted by atomic mass is 10.1. The van der Waals surface area contributed by atoms with Crippen molar-refractivity contribution in [2.24, 2.45) is 5.73 Å². The Morgan fingerprint density at radius 1 is 1.33 bits per heavy atom. The first-order valence-corrected chi connectivity index (χ1v) is 8.54. The average molecular weight is 310 g/mol. The van der Waals surface area contributed by atoms with Gasteiger partial charge in [-0.3, -0.25) is 4.79 Å². The molecule has 0 bridgehead atoms. The van der Waals surface area contributed by atoms with Crippen molar-refractivity contribution in [3.63, 3.8) is 0 Å². The van der Waals surface area contributed by atoms with E-state index in [1.54, 1.807) is 23.7 Å². The van der Waals surface area contributed by atoms with Crippen molar-refractivity contribution in [3.05, 3.63) is 29.3 Å². The maximum absolute atomic E-state index is 12.0. The molecule has 0 aliphatic heterocycles. The smallest absolute Gasteiger partial charge is 0.239 e. The number of aryl methyl sites for hydroxylation is 2. The highest BCUT2D eigenvalue weighted by molar-refractivity contribution is 7.98. The van der Waals surface area contributed by atoms with Gasteiger partial charge in [0.25, 0.3) is 0 Å². The van der Waals surface area contributed by atoms with Gasteiger partial charge in [-0.2, -0.15) is 11.8 Å². The third-order valence-electron chi connectivity index (χ3n) is 3.22. The van der Waals surface area contributed by atoms with Gasteiger partial charge in [-0.15, -0.1) is 0 Å². The van der Waals surface area contributed by atoms with E-state index in [1.165, 1.54) is 11.1 Å². The van der Waals surface area contributed by atoms with Gasteiger partial charge < -0.3 is 15.4 Å². The first kappa shape index (κ1) is 17.9. The highest BCUT2D eigenvalue weighted by Gasteiger charge is 2.17. The zero-order valence-corrected chi connectivity index (χ0v) is 14.2. The number of hydrogen-bond donors (Lipinski definition) is 1. The van der Waals surface area contributed by atoms with Gasteiger partial charge in [0.05, 0.1) is 12.6 Å². The number of nitrogens with zero attached hydrogens (tertiary/aromatic N) is 1. The fraction of sp³-hybridized carbons (Fsp3) is 0.562. The van der Waals surface area contributed by atoms with E-state index < -0.39 is 6.04 Å². The van der Waals surface area contributed by atoms with Gasteiger partial charge >= 0.3 is 0 Å². The normalized spacial score (nSPS) is 12.0. The molecular formula is C16H26N2O2S. The molecule has 0 aromatic heterocycles. The summed E-state index contributed by atoms with van der Waals surface area (Å²) in [6.07, 6.45) is 2.72. The molecule has 5 heteroatoms. The molecule has 1 aromatic carbocycles.